The van der Waals surface area contributed by atoms with Crippen molar-refractivity contribution in [3.63, 3.8) is 0 Å². The highest BCUT2D eigenvalue weighted by Crippen LogP contribution is 2.19. The Morgan fingerprint density at radius 1 is 1.10 bits per heavy atom. The van der Waals surface area contributed by atoms with Crippen LogP contribution in [0.2, 0.25) is 0 Å². The van der Waals surface area contributed by atoms with Crippen molar-refractivity contribution < 1.29 is 0 Å². The van der Waals surface area contributed by atoms with Crippen LogP contribution in [0, 0.1) is 6.92 Å². The highest BCUT2D eigenvalue weighted by Gasteiger charge is 2.13. The number of aromatic nitrogens is 2. The molecule has 1 fully saturated rings. The lowest BCUT2D eigenvalue weighted by molar-refractivity contribution is 0.296. The normalized spacial score (nSPS) is 14.4. The molecule has 1 aliphatic heterocycles. The van der Waals surface area contributed by atoms with E-state index in [1.807, 2.05) is 50.2 Å². The first-order chi connectivity index (χ1) is 15.1. The molecule has 0 spiro atoms. The van der Waals surface area contributed by atoms with E-state index in [1.54, 1.807) is 0 Å². The SMILES string of the molecule is CC.Cc1ccccc1.N/C=C(\N=C(/N)c1ccc2[nH]nc(N)c2c1)N1CCNCC1. The summed E-state index contributed by atoms with van der Waals surface area (Å²) in [7, 11) is 0. The van der Waals surface area contributed by atoms with Gasteiger partial charge >= 0.3 is 0 Å². The van der Waals surface area contributed by atoms with Crippen molar-refractivity contribution in [3.8, 4) is 0 Å². The summed E-state index contributed by atoms with van der Waals surface area (Å²) in [5.74, 6) is 1.53. The van der Waals surface area contributed by atoms with Crippen LogP contribution in [0.1, 0.15) is 25.0 Å². The Morgan fingerprint density at radius 3 is 2.35 bits per heavy atom. The number of aryl methyl sites for hydroxylation is 1. The van der Waals surface area contributed by atoms with Crippen molar-refractivity contribution in [1.82, 2.24) is 20.4 Å². The van der Waals surface area contributed by atoms with Crippen molar-refractivity contribution in [1.29, 1.82) is 0 Å². The molecular formula is C23H34N8. The molecule has 2 aromatic carbocycles. The number of anilines is 1. The zero-order valence-electron chi connectivity index (χ0n) is 18.6. The van der Waals surface area contributed by atoms with Gasteiger partial charge in [-0.3, -0.25) is 5.10 Å². The molecular weight excluding hydrogens is 388 g/mol. The average molecular weight is 423 g/mol. The zero-order valence-corrected chi connectivity index (χ0v) is 18.6. The minimum atomic E-state index is 0.401. The Hall–Kier alpha value is -3.52. The molecule has 1 aromatic heterocycles. The van der Waals surface area contributed by atoms with Gasteiger partial charge in [-0.1, -0.05) is 49.7 Å². The monoisotopic (exact) mass is 422 g/mol. The molecule has 8 nitrogen and oxygen atoms in total. The molecule has 2 heterocycles. The van der Waals surface area contributed by atoms with E-state index in [2.05, 4.69) is 44.5 Å². The van der Waals surface area contributed by atoms with Gasteiger partial charge in [-0.2, -0.15) is 5.10 Å². The molecule has 0 saturated carbocycles. The summed E-state index contributed by atoms with van der Waals surface area (Å²) < 4.78 is 0. The van der Waals surface area contributed by atoms with Gasteiger partial charge in [-0.15, -0.1) is 0 Å². The number of amidine groups is 1. The molecule has 0 bridgehead atoms. The van der Waals surface area contributed by atoms with Crippen molar-refractivity contribution in [2.75, 3.05) is 31.9 Å². The molecule has 8 N–H and O–H groups in total. The number of rotatable bonds is 3. The summed E-state index contributed by atoms with van der Waals surface area (Å²) in [5, 5.41) is 10.9. The van der Waals surface area contributed by atoms with E-state index < -0.39 is 0 Å². The Bertz CT molecular complexity index is 985. The van der Waals surface area contributed by atoms with Crippen LogP contribution < -0.4 is 22.5 Å². The topological polar surface area (TPSA) is 134 Å². The number of fused-ring (bicyclic) bond motifs is 1. The highest BCUT2D eigenvalue weighted by atomic mass is 15.3. The number of nitrogens with zero attached hydrogens (tertiary/aromatic N) is 3. The quantitative estimate of drug-likeness (QED) is 0.325. The number of piperazine rings is 1. The zero-order chi connectivity index (χ0) is 22.6. The Labute approximate surface area is 184 Å². The third-order valence-corrected chi connectivity index (χ3v) is 4.65. The fourth-order valence-electron chi connectivity index (χ4n) is 3.02. The molecule has 0 amide bonds. The number of nitrogens with two attached hydrogens (primary N) is 3. The summed E-state index contributed by atoms with van der Waals surface area (Å²) in [6.45, 7) is 9.61. The van der Waals surface area contributed by atoms with E-state index in [9.17, 15) is 0 Å². The minimum Gasteiger partial charge on any atom is -0.402 e. The first kappa shape index (κ1) is 23.8. The molecule has 0 atom stereocenters. The summed E-state index contributed by atoms with van der Waals surface area (Å²) in [4.78, 5) is 6.57. The second-order valence-corrected chi connectivity index (χ2v) is 6.78. The van der Waals surface area contributed by atoms with Crippen LogP contribution in [0.5, 0.6) is 0 Å². The molecule has 31 heavy (non-hydrogen) atoms. The van der Waals surface area contributed by atoms with Crippen molar-refractivity contribution in [2.24, 2.45) is 16.5 Å². The van der Waals surface area contributed by atoms with Gasteiger partial charge < -0.3 is 27.4 Å². The maximum absolute atomic E-state index is 6.13. The van der Waals surface area contributed by atoms with Crippen LogP contribution in [-0.4, -0.2) is 47.1 Å². The van der Waals surface area contributed by atoms with E-state index in [-0.39, 0.29) is 0 Å². The number of hydrogen-bond donors (Lipinski definition) is 5. The predicted molar refractivity (Wildman–Crippen MR) is 130 cm³/mol. The number of H-pyrrole nitrogens is 1. The Balaban J connectivity index is 0.000000319. The standard InChI is InChI=1S/C14H20N8.C7H8.C2H6/c15-8-12(22-5-3-18-4-6-22)19-13(16)9-1-2-11-10(7-9)14(17)21-20-11;1-7-5-3-2-4-6-7;1-2/h1-2,7-8,18H,3-6,15H2,(H2,16,19)(H3,17,20,21);2-6H,1H3;1-2H3/b12-8+;;. The average Bonchev–Trinajstić information content (AvgIpc) is 3.20. The molecule has 0 radical (unpaired) electrons. The first-order valence-corrected chi connectivity index (χ1v) is 10.6. The van der Waals surface area contributed by atoms with Crippen molar-refractivity contribution >= 4 is 22.6 Å². The lowest BCUT2D eigenvalue weighted by Gasteiger charge is -2.29. The van der Waals surface area contributed by atoms with Crippen molar-refractivity contribution in [2.45, 2.75) is 20.8 Å². The summed E-state index contributed by atoms with van der Waals surface area (Å²) in [6.07, 6.45) is 1.49. The van der Waals surface area contributed by atoms with Crippen LogP contribution in [0.3, 0.4) is 0 Å². The molecule has 3 aromatic rings. The molecule has 0 aliphatic carbocycles. The van der Waals surface area contributed by atoms with Crippen LogP contribution >= 0.6 is 0 Å². The predicted octanol–water partition coefficient (Wildman–Crippen LogP) is 2.53. The van der Waals surface area contributed by atoms with Gasteiger partial charge in [0.2, 0.25) is 0 Å². The molecule has 1 saturated heterocycles. The highest BCUT2D eigenvalue weighted by molar-refractivity contribution is 6.02. The molecule has 8 heteroatoms. The third-order valence-electron chi connectivity index (χ3n) is 4.65. The molecule has 1 aliphatic rings. The van der Waals surface area contributed by atoms with Gasteiger partial charge in [-0.05, 0) is 25.1 Å². The smallest absolute Gasteiger partial charge is 0.153 e. The maximum Gasteiger partial charge on any atom is 0.153 e. The van der Waals surface area contributed by atoms with E-state index >= 15 is 0 Å². The minimum absolute atomic E-state index is 0.401. The lowest BCUT2D eigenvalue weighted by Crippen LogP contribution is -2.43. The first-order valence-electron chi connectivity index (χ1n) is 10.6. The molecule has 4 rings (SSSR count). The van der Waals surface area contributed by atoms with Crippen LogP contribution in [-0.2, 0) is 0 Å². The summed E-state index contributed by atoms with van der Waals surface area (Å²) >= 11 is 0. The lowest BCUT2D eigenvalue weighted by atomic mass is 10.1. The van der Waals surface area contributed by atoms with Gasteiger partial charge in [-0.25, -0.2) is 4.99 Å². The maximum atomic E-state index is 6.13. The summed E-state index contributed by atoms with van der Waals surface area (Å²) in [5.41, 5.74) is 20.6. The van der Waals surface area contributed by atoms with E-state index in [0.29, 0.717) is 17.5 Å². The number of aromatic amines is 1. The number of benzene rings is 2. The largest absolute Gasteiger partial charge is 0.402 e. The second kappa shape index (κ2) is 12.2. The molecule has 166 valence electrons. The van der Waals surface area contributed by atoms with Crippen LogP contribution in [0.15, 0.2) is 65.5 Å². The van der Waals surface area contributed by atoms with E-state index in [1.165, 1.54) is 11.8 Å². The Kier molecular flexibility index (Phi) is 9.38. The second-order valence-electron chi connectivity index (χ2n) is 6.78. The number of nitrogens with one attached hydrogen (secondary N) is 2. The number of hydrogen-bond acceptors (Lipinski definition) is 6. The number of nitrogen functional groups attached to an aromatic ring is 1. The fourth-order valence-corrected chi connectivity index (χ4v) is 3.02. The van der Waals surface area contributed by atoms with Gasteiger partial charge in [0, 0.05) is 43.3 Å². The Morgan fingerprint density at radius 2 is 1.77 bits per heavy atom. The fraction of sp³-hybridized carbons (Fsp3) is 0.304. The van der Waals surface area contributed by atoms with E-state index in [0.717, 1.165) is 42.6 Å². The van der Waals surface area contributed by atoms with Gasteiger partial charge in [0.15, 0.2) is 5.82 Å². The third kappa shape index (κ3) is 6.75. The molecule has 0 unspecified atom stereocenters. The van der Waals surface area contributed by atoms with Crippen molar-refractivity contribution in [3.05, 3.63) is 71.7 Å². The van der Waals surface area contributed by atoms with Crippen LogP contribution in [0.25, 0.3) is 10.9 Å². The van der Waals surface area contributed by atoms with E-state index in [4.69, 9.17) is 17.2 Å². The van der Waals surface area contributed by atoms with Gasteiger partial charge in [0.05, 0.1) is 5.52 Å². The van der Waals surface area contributed by atoms with Gasteiger partial charge in [0.25, 0.3) is 0 Å². The number of aliphatic imine (C=N–C) groups is 1. The summed E-state index contributed by atoms with van der Waals surface area (Å²) in [6, 6.07) is 15.9. The van der Waals surface area contributed by atoms with Crippen LogP contribution in [0.4, 0.5) is 5.82 Å². The van der Waals surface area contributed by atoms with Gasteiger partial charge in [0.1, 0.15) is 11.7 Å².